The highest BCUT2D eigenvalue weighted by molar-refractivity contribution is 14.0. The molecule has 6 nitrogen and oxygen atoms in total. The minimum absolute atomic E-state index is 0. The quantitative estimate of drug-likeness (QED) is 0.179. The van der Waals surface area contributed by atoms with Gasteiger partial charge in [0.25, 0.3) is 0 Å². The van der Waals surface area contributed by atoms with Gasteiger partial charge < -0.3 is 19.9 Å². The number of guanidine groups is 1. The van der Waals surface area contributed by atoms with E-state index in [0.29, 0.717) is 13.0 Å². The molecule has 0 unspecified atom stereocenters. The van der Waals surface area contributed by atoms with E-state index in [-0.39, 0.29) is 29.9 Å². The molecule has 24 heavy (non-hydrogen) atoms. The molecule has 0 fully saturated rings. The molecule has 0 bridgehead atoms. The highest BCUT2D eigenvalue weighted by atomic mass is 127. The molecule has 0 saturated carbocycles. The van der Waals surface area contributed by atoms with Gasteiger partial charge in [-0.2, -0.15) is 0 Å². The van der Waals surface area contributed by atoms with Crippen molar-refractivity contribution >= 4 is 35.9 Å². The molecular weight excluding hydrogens is 419 g/mol. The molecule has 0 amide bonds. The molecule has 2 N–H and O–H groups in total. The van der Waals surface area contributed by atoms with Crippen LogP contribution in [0.1, 0.15) is 39.0 Å². The van der Waals surface area contributed by atoms with E-state index >= 15 is 0 Å². The molecule has 7 heteroatoms. The van der Waals surface area contributed by atoms with Crippen LogP contribution in [0.5, 0.6) is 0 Å². The zero-order valence-electron chi connectivity index (χ0n) is 14.8. The Hall–Kier alpha value is -1.25. The lowest BCUT2D eigenvalue weighted by molar-refractivity contribution is -0.143. The number of unbranched alkanes of at least 4 members (excludes halogenated alkanes) is 3. The molecular formula is C17H31IN4O2. The lowest BCUT2D eigenvalue weighted by Gasteiger charge is -2.12. The van der Waals surface area contributed by atoms with Gasteiger partial charge in [-0.15, -0.1) is 24.0 Å². The first-order chi connectivity index (χ1) is 11.3. The summed E-state index contributed by atoms with van der Waals surface area (Å²) in [6.45, 7) is 4.96. The van der Waals surface area contributed by atoms with E-state index in [1.807, 2.05) is 31.5 Å². The zero-order valence-corrected chi connectivity index (χ0v) is 17.1. The first kappa shape index (κ1) is 22.8. The Kier molecular flexibility index (Phi) is 14.5. The van der Waals surface area contributed by atoms with Crippen LogP contribution >= 0.6 is 24.0 Å². The van der Waals surface area contributed by atoms with Gasteiger partial charge in [-0.25, -0.2) is 0 Å². The Morgan fingerprint density at radius 1 is 1.08 bits per heavy atom. The lowest BCUT2D eigenvalue weighted by Crippen LogP contribution is -2.39. The maximum absolute atomic E-state index is 11.2. The van der Waals surface area contributed by atoms with E-state index in [4.69, 9.17) is 4.74 Å². The van der Waals surface area contributed by atoms with Crippen LogP contribution in [0.15, 0.2) is 29.5 Å². The van der Waals surface area contributed by atoms with Crippen molar-refractivity contribution in [1.82, 2.24) is 15.2 Å². The lowest BCUT2D eigenvalue weighted by atomic mass is 10.1. The van der Waals surface area contributed by atoms with E-state index in [0.717, 1.165) is 51.3 Å². The van der Waals surface area contributed by atoms with E-state index < -0.39 is 0 Å². The highest BCUT2D eigenvalue weighted by Gasteiger charge is 2.01. The number of ether oxygens (including phenoxy) is 1. The van der Waals surface area contributed by atoms with Crippen molar-refractivity contribution in [3.63, 3.8) is 0 Å². The topological polar surface area (TPSA) is 67.7 Å². The minimum atomic E-state index is -0.0853. The smallest absolute Gasteiger partial charge is 0.305 e. The van der Waals surface area contributed by atoms with E-state index in [9.17, 15) is 4.79 Å². The molecule has 1 aromatic heterocycles. The van der Waals surface area contributed by atoms with Gasteiger partial charge in [-0.1, -0.05) is 12.8 Å². The number of nitrogens with zero attached hydrogens (tertiary/aromatic N) is 2. The highest BCUT2D eigenvalue weighted by Crippen LogP contribution is 2.03. The summed E-state index contributed by atoms with van der Waals surface area (Å²) in [5.41, 5.74) is 0. The van der Waals surface area contributed by atoms with Crippen molar-refractivity contribution in [1.29, 1.82) is 0 Å². The molecule has 0 radical (unpaired) electrons. The number of nitrogens with one attached hydrogen (secondary N) is 2. The predicted octanol–water partition coefficient (Wildman–Crippen LogP) is 2.78. The Balaban J connectivity index is 0.00000529. The second kappa shape index (κ2) is 15.3. The number of aromatic nitrogens is 1. The fourth-order valence-electron chi connectivity index (χ4n) is 2.23. The molecule has 0 aliphatic carbocycles. The molecule has 0 saturated heterocycles. The average molecular weight is 450 g/mol. The number of rotatable bonds is 11. The van der Waals surface area contributed by atoms with Crippen LogP contribution in [0.3, 0.4) is 0 Å². The van der Waals surface area contributed by atoms with Crippen LogP contribution < -0.4 is 10.6 Å². The van der Waals surface area contributed by atoms with Crippen LogP contribution in [0.2, 0.25) is 0 Å². The summed E-state index contributed by atoms with van der Waals surface area (Å²) >= 11 is 0. The predicted molar refractivity (Wildman–Crippen MR) is 109 cm³/mol. The fraction of sp³-hybridized carbons (Fsp3) is 0.647. The van der Waals surface area contributed by atoms with Crippen LogP contribution in [-0.2, 0) is 16.1 Å². The van der Waals surface area contributed by atoms with E-state index in [1.165, 1.54) is 0 Å². The minimum Gasteiger partial charge on any atom is -0.466 e. The second-order valence-electron chi connectivity index (χ2n) is 5.32. The number of hydrogen-bond donors (Lipinski definition) is 2. The van der Waals surface area contributed by atoms with Crippen molar-refractivity contribution in [3.05, 3.63) is 24.5 Å². The van der Waals surface area contributed by atoms with Gasteiger partial charge in [0.2, 0.25) is 0 Å². The SMILES string of the molecule is CCOC(=O)CCCCCCNC(=NC)NCCn1cccc1.I. The van der Waals surface area contributed by atoms with Gasteiger partial charge in [-0.05, 0) is 31.9 Å². The van der Waals surface area contributed by atoms with E-state index in [1.54, 1.807) is 7.05 Å². The Morgan fingerprint density at radius 2 is 1.75 bits per heavy atom. The van der Waals surface area contributed by atoms with Gasteiger partial charge in [0.15, 0.2) is 5.96 Å². The number of esters is 1. The normalized spacial score (nSPS) is 10.8. The van der Waals surface area contributed by atoms with E-state index in [2.05, 4.69) is 20.2 Å². The third-order valence-electron chi connectivity index (χ3n) is 3.46. The maximum atomic E-state index is 11.2. The van der Waals surface area contributed by atoms with Gasteiger partial charge in [0.1, 0.15) is 0 Å². The molecule has 0 aliphatic rings. The second-order valence-corrected chi connectivity index (χ2v) is 5.32. The molecule has 0 aliphatic heterocycles. The summed E-state index contributed by atoms with van der Waals surface area (Å²) < 4.78 is 7.03. The monoisotopic (exact) mass is 450 g/mol. The van der Waals surface area contributed by atoms with Crippen molar-refractivity contribution in [2.45, 2.75) is 45.6 Å². The molecule has 1 aromatic rings. The molecule has 1 rings (SSSR count). The van der Waals surface area contributed by atoms with Crippen LogP contribution in [0.25, 0.3) is 0 Å². The summed E-state index contributed by atoms with van der Waals surface area (Å²) in [5.74, 6) is 0.751. The summed E-state index contributed by atoms with van der Waals surface area (Å²) in [6, 6.07) is 4.05. The number of aliphatic imine (C=N–C) groups is 1. The first-order valence-corrected chi connectivity index (χ1v) is 8.47. The van der Waals surface area contributed by atoms with Crippen molar-refractivity contribution in [2.75, 3.05) is 26.7 Å². The number of carbonyl (C=O) groups is 1. The maximum Gasteiger partial charge on any atom is 0.305 e. The van der Waals surface area contributed by atoms with Gasteiger partial charge in [0, 0.05) is 45.5 Å². The van der Waals surface area contributed by atoms with Crippen LogP contribution in [0, 0.1) is 0 Å². The molecule has 1 heterocycles. The third-order valence-corrected chi connectivity index (χ3v) is 3.46. The third kappa shape index (κ3) is 11.3. The number of hydrogen-bond acceptors (Lipinski definition) is 3. The molecule has 0 atom stereocenters. The average Bonchev–Trinajstić information content (AvgIpc) is 3.05. The Morgan fingerprint density at radius 3 is 2.42 bits per heavy atom. The summed E-state index contributed by atoms with van der Waals surface area (Å²) in [7, 11) is 1.78. The van der Waals surface area contributed by atoms with Crippen molar-refractivity contribution in [2.24, 2.45) is 4.99 Å². The Bertz CT molecular complexity index is 449. The van der Waals surface area contributed by atoms with Crippen molar-refractivity contribution < 1.29 is 9.53 Å². The van der Waals surface area contributed by atoms with Gasteiger partial charge in [-0.3, -0.25) is 9.79 Å². The molecule has 138 valence electrons. The van der Waals surface area contributed by atoms with Gasteiger partial charge in [0.05, 0.1) is 6.61 Å². The number of halogens is 1. The largest absolute Gasteiger partial charge is 0.466 e. The fourth-order valence-corrected chi connectivity index (χ4v) is 2.23. The number of carbonyl (C=O) groups excluding carboxylic acids is 1. The molecule has 0 aromatic carbocycles. The van der Waals surface area contributed by atoms with Gasteiger partial charge >= 0.3 is 5.97 Å². The van der Waals surface area contributed by atoms with Crippen LogP contribution in [-0.4, -0.2) is 43.2 Å². The summed E-state index contributed by atoms with van der Waals surface area (Å²) in [5, 5.41) is 6.60. The standard InChI is InChI=1S/C17H30N4O2.HI/c1-3-23-16(22)10-6-4-5-7-11-19-17(18-2)20-12-15-21-13-8-9-14-21;/h8-9,13-14H,3-7,10-12,15H2,1-2H3,(H2,18,19,20);1H. The zero-order chi connectivity index (χ0) is 16.8. The van der Waals surface area contributed by atoms with Crippen LogP contribution in [0.4, 0.5) is 0 Å². The van der Waals surface area contributed by atoms with Crippen molar-refractivity contribution in [3.8, 4) is 0 Å². The first-order valence-electron chi connectivity index (χ1n) is 8.47. The molecule has 0 spiro atoms. The summed E-state index contributed by atoms with van der Waals surface area (Å²) in [4.78, 5) is 15.4. The summed E-state index contributed by atoms with van der Waals surface area (Å²) in [6.07, 6.45) is 8.77. The Labute approximate surface area is 162 Å².